The molecule has 0 saturated heterocycles. The van der Waals surface area contributed by atoms with E-state index in [1.807, 2.05) is 30.3 Å². The van der Waals surface area contributed by atoms with E-state index in [2.05, 4.69) is 15.3 Å². The van der Waals surface area contributed by atoms with Gasteiger partial charge in [0.05, 0.1) is 5.52 Å². The molecule has 1 amide bonds. The molecular weight excluding hydrogens is 306 g/mol. The van der Waals surface area contributed by atoms with Gasteiger partial charge in [-0.25, -0.2) is 4.98 Å². The molecule has 0 aliphatic carbocycles. The van der Waals surface area contributed by atoms with E-state index < -0.39 is 12.0 Å². The fourth-order valence-corrected chi connectivity index (χ4v) is 2.40. The van der Waals surface area contributed by atoms with E-state index in [-0.39, 0.29) is 18.2 Å². The van der Waals surface area contributed by atoms with Crippen molar-refractivity contribution >= 4 is 34.3 Å². The first-order valence-electron chi connectivity index (χ1n) is 7.38. The van der Waals surface area contributed by atoms with Gasteiger partial charge in [-0.1, -0.05) is 30.3 Å². The Morgan fingerprint density at radius 3 is 2.62 bits per heavy atom. The summed E-state index contributed by atoms with van der Waals surface area (Å²) in [6.45, 7) is 0. The summed E-state index contributed by atoms with van der Waals surface area (Å²) in [5.74, 6) is -0.165. The molecule has 7 nitrogen and oxygen atoms in total. The number of nitrogens with two attached hydrogens (primary N) is 2. The quantitative estimate of drug-likeness (QED) is 0.574. The third-order valence-corrected chi connectivity index (χ3v) is 3.58. The first kappa shape index (κ1) is 15.7. The van der Waals surface area contributed by atoms with E-state index in [1.165, 1.54) is 0 Å². The Bertz CT molecular complexity index is 883. The first-order chi connectivity index (χ1) is 11.5. The van der Waals surface area contributed by atoms with Gasteiger partial charge in [-0.05, 0) is 23.8 Å². The van der Waals surface area contributed by atoms with Crippen molar-refractivity contribution in [2.75, 3.05) is 16.8 Å². The Hall–Kier alpha value is -3.19. The molecule has 1 aromatic heterocycles. The molecule has 1 atom stereocenters. The summed E-state index contributed by atoms with van der Waals surface area (Å²) in [5, 5.41) is 13.3. The predicted molar refractivity (Wildman–Crippen MR) is 93.1 cm³/mol. The maximum absolute atomic E-state index is 12.1. The second-order valence-electron chi connectivity index (χ2n) is 5.39. The van der Waals surface area contributed by atoms with Crippen LogP contribution in [-0.2, 0) is 11.2 Å². The molecule has 0 spiro atoms. The number of carbonyl (C=O) groups excluding carboxylic acids is 1. The van der Waals surface area contributed by atoms with E-state index in [0.717, 1.165) is 5.56 Å². The molecule has 0 radical (unpaired) electrons. The van der Waals surface area contributed by atoms with Crippen LogP contribution in [-0.4, -0.2) is 27.1 Å². The molecular formula is C17H17N5O2. The molecule has 0 aliphatic rings. The van der Waals surface area contributed by atoms with E-state index in [0.29, 0.717) is 16.6 Å². The summed E-state index contributed by atoms with van der Waals surface area (Å²) in [4.78, 5) is 20.1. The Morgan fingerprint density at radius 2 is 1.88 bits per heavy atom. The van der Waals surface area contributed by atoms with Crippen molar-refractivity contribution in [1.82, 2.24) is 9.97 Å². The lowest BCUT2D eigenvalue weighted by Gasteiger charge is -2.12. The Kier molecular flexibility index (Phi) is 4.26. The maximum Gasteiger partial charge on any atom is 0.253 e. The number of carbonyl (C=O) groups is 1. The van der Waals surface area contributed by atoms with Crippen LogP contribution >= 0.6 is 0 Å². The molecule has 122 valence electrons. The monoisotopic (exact) mass is 323 g/mol. The van der Waals surface area contributed by atoms with Crippen molar-refractivity contribution in [3.8, 4) is 0 Å². The lowest BCUT2D eigenvalue weighted by molar-refractivity contribution is -0.123. The number of rotatable bonds is 4. The minimum atomic E-state index is -1.15. The molecule has 24 heavy (non-hydrogen) atoms. The van der Waals surface area contributed by atoms with Gasteiger partial charge < -0.3 is 21.9 Å². The van der Waals surface area contributed by atoms with E-state index >= 15 is 0 Å². The largest absolute Gasteiger partial charge is 0.383 e. The highest BCUT2D eigenvalue weighted by atomic mass is 16.3. The number of nitrogens with zero attached hydrogens (tertiary/aromatic N) is 2. The third-order valence-electron chi connectivity index (χ3n) is 3.58. The normalized spacial score (nSPS) is 12.0. The van der Waals surface area contributed by atoms with Gasteiger partial charge in [0.2, 0.25) is 5.95 Å². The molecule has 0 fully saturated rings. The fourth-order valence-electron chi connectivity index (χ4n) is 2.40. The number of nitrogens with one attached hydrogen (secondary N) is 1. The van der Waals surface area contributed by atoms with Crippen LogP contribution in [0.2, 0.25) is 0 Å². The van der Waals surface area contributed by atoms with Gasteiger partial charge in [-0.15, -0.1) is 0 Å². The molecule has 0 bridgehead atoms. The molecule has 0 aliphatic heterocycles. The highest BCUT2D eigenvalue weighted by Crippen LogP contribution is 2.22. The maximum atomic E-state index is 12.1. The molecule has 2 aromatic carbocycles. The number of nitrogen functional groups attached to an aromatic ring is 2. The van der Waals surface area contributed by atoms with Crippen molar-refractivity contribution in [2.24, 2.45) is 0 Å². The zero-order valence-corrected chi connectivity index (χ0v) is 12.8. The van der Waals surface area contributed by atoms with Gasteiger partial charge >= 0.3 is 0 Å². The number of benzene rings is 2. The van der Waals surface area contributed by atoms with Gasteiger partial charge in [0.25, 0.3) is 5.91 Å². The van der Waals surface area contributed by atoms with Gasteiger partial charge in [-0.3, -0.25) is 4.79 Å². The van der Waals surface area contributed by atoms with E-state index in [1.54, 1.807) is 18.2 Å². The number of fused-ring (bicyclic) bond motifs is 1. The number of hydrogen-bond acceptors (Lipinski definition) is 6. The summed E-state index contributed by atoms with van der Waals surface area (Å²) in [6.07, 6.45) is -0.912. The number of aromatic nitrogens is 2. The van der Waals surface area contributed by atoms with Gasteiger partial charge in [0.1, 0.15) is 11.9 Å². The molecule has 0 saturated carbocycles. The number of amides is 1. The van der Waals surface area contributed by atoms with Crippen LogP contribution in [0.5, 0.6) is 0 Å². The molecule has 3 aromatic rings. The summed E-state index contributed by atoms with van der Waals surface area (Å²) in [6, 6.07) is 14.3. The topological polar surface area (TPSA) is 127 Å². The first-order valence-corrected chi connectivity index (χ1v) is 7.38. The standard InChI is InChI=1S/C17H17N5O2/c18-15-12-9-11(6-7-13(12)21-17(19)22-15)20-16(24)14(23)8-10-4-2-1-3-5-10/h1-7,9,14,23H,8H2,(H,20,24)(H4,18,19,21,22). The second-order valence-corrected chi connectivity index (χ2v) is 5.39. The highest BCUT2D eigenvalue weighted by molar-refractivity contribution is 5.98. The number of aliphatic hydroxyl groups is 1. The lowest BCUT2D eigenvalue weighted by Crippen LogP contribution is -2.29. The zero-order valence-electron chi connectivity index (χ0n) is 12.8. The summed E-state index contributed by atoms with van der Waals surface area (Å²) in [5.41, 5.74) is 13.3. The van der Waals surface area contributed by atoms with Crippen LogP contribution in [0, 0.1) is 0 Å². The molecule has 1 unspecified atom stereocenters. The predicted octanol–water partition coefficient (Wildman–Crippen LogP) is 1.34. The molecule has 7 heteroatoms. The van der Waals surface area contributed by atoms with Gasteiger partial charge in [0, 0.05) is 17.5 Å². The Labute approximate surface area is 138 Å². The fraction of sp³-hybridized carbons (Fsp3) is 0.118. The smallest absolute Gasteiger partial charge is 0.253 e. The van der Waals surface area contributed by atoms with Crippen molar-refractivity contribution in [3.05, 3.63) is 54.1 Å². The zero-order chi connectivity index (χ0) is 17.1. The third kappa shape index (κ3) is 3.41. The van der Waals surface area contributed by atoms with Crippen molar-refractivity contribution in [1.29, 1.82) is 0 Å². The van der Waals surface area contributed by atoms with E-state index in [9.17, 15) is 9.90 Å². The molecule has 1 heterocycles. The van der Waals surface area contributed by atoms with Crippen molar-refractivity contribution < 1.29 is 9.90 Å². The highest BCUT2D eigenvalue weighted by Gasteiger charge is 2.16. The summed E-state index contributed by atoms with van der Waals surface area (Å²) < 4.78 is 0. The van der Waals surface area contributed by atoms with Crippen LogP contribution in [0.3, 0.4) is 0 Å². The summed E-state index contributed by atoms with van der Waals surface area (Å²) in [7, 11) is 0. The minimum absolute atomic E-state index is 0.0927. The van der Waals surface area contributed by atoms with Gasteiger partial charge in [-0.2, -0.15) is 4.98 Å². The van der Waals surface area contributed by atoms with Crippen molar-refractivity contribution in [3.63, 3.8) is 0 Å². The van der Waals surface area contributed by atoms with Crippen LogP contribution in [0.25, 0.3) is 10.9 Å². The summed E-state index contributed by atoms with van der Waals surface area (Å²) >= 11 is 0. The average molecular weight is 323 g/mol. The van der Waals surface area contributed by atoms with Gasteiger partial charge in [0.15, 0.2) is 0 Å². The minimum Gasteiger partial charge on any atom is -0.383 e. The van der Waals surface area contributed by atoms with Crippen LogP contribution in [0.15, 0.2) is 48.5 Å². The number of aliphatic hydroxyl groups excluding tert-OH is 1. The lowest BCUT2D eigenvalue weighted by atomic mass is 10.1. The van der Waals surface area contributed by atoms with E-state index in [4.69, 9.17) is 11.5 Å². The second kappa shape index (κ2) is 6.51. The Balaban J connectivity index is 1.75. The molecule has 6 N–H and O–H groups in total. The Morgan fingerprint density at radius 1 is 1.12 bits per heavy atom. The molecule has 3 rings (SSSR count). The number of hydrogen-bond donors (Lipinski definition) is 4. The van der Waals surface area contributed by atoms with Crippen LogP contribution < -0.4 is 16.8 Å². The van der Waals surface area contributed by atoms with Crippen LogP contribution in [0.4, 0.5) is 17.5 Å². The average Bonchev–Trinajstić information content (AvgIpc) is 2.56. The van der Waals surface area contributed by atoms with Crippen molar-refractivity contribution in [2.45, 2.75) is 12.5 Å². The van der Waals surface area contributed by atoms with Crippen LogP contribution in [0.1, 0.15) is 5.56 Å². The SMILES string of the molecule is Nc1nc(N)c2cc(NC(=O)C(O)Cc3ccccc3)ccc2n1. The number of anilines is 3.